The van der Waals surface area contributed by atoms with E-state index < -0.39 is 22.6 Å². The standard InChI is InChI=1S/C12H23NO3S/c1-12(2,3)16-11(14)9-17(15)13-10-7-5-4-6-8-10/h10,13H,4-9H2,1-3H3. The van der Waals surface area contributed by atoms with Crippen LogP contribution in [0.1, 0.15) is 52.9 Å². The monoisotopic (exact) mass is 261 g/mol. The van der Waals surface area contributed by atoms with Gasteiger partial charge < -0.3 is 4.74 Å². The van der Waals surface area contributed by atoms with Crippen molar-refractivity contribution in [1.82, 2.24) is 4.72 Å². The van der Waals surface area contributed by atoms with Gasteiger partial charge in [-0.05, 0) is 33.6 Å². The predicted octanol–water partition coefficient (Wildman–Crippen LogP) is 1.91. The van der Waals surface area contributed by atoms with E-state index in [1.807, 2.05) is 20.8 Å². The van der Waals surface area contributed by atoms with Crippen LogP contribution in [0.15, 0.2) is 0 Å². The predicted molar refractivity (Wildman–Crippen MR) is 68.9 cm³/mol. The van der Waals surface area contributed by atoms with Gasteiger partial charge in [0.05, 0.1) is 0 Å². The van der Waals surface area contributed by atoms with Crippen LogP contribution in [0.5, 0.6) is 0 Å². The van der Waals surface area contributed by atoms with E-state index in [1.54, 1.807) is 0 Å². The molecule has 0 saturated heterocycles. The largest absolute Gasteiger partial charge is 0.459 e. The zero-order chi connectivity index (χ0) is 12.9. The lowest BCUT2D eigenvalue weighted by atomic mass is 9.96. The summed E-state index contributed by atoms with van der Waals surface area (Å²) in [4.78, 5) is 11.5. The normalized spacial score (nSPS) is 19.9. The Labute approximate surface area is 106 Å². The summed E-state index contributed by atoms with van der Waals surface area (Å²) in [6.07, 6.45) is 5.74. The molecule has 1 atom stereocenters. The van der Waals surface area contributed by atoms with E-state index in [4.69, 9.17) is 4.74 Å². The van der Waals surface area contributed by atoms with Crippen LogP contribution in [-0.4, -0.2) is 27.6 Å². The third kappa shape index (κ3) is 6.78. The SMILES string of the molecule is CC(C)(C)OC(=O)CS(=O)NC1CCCCC1. The summed E-state index contributed by atoms with van der Waals surface area (Å²) in [5, 5.41) is 0. The van der Waals surface area contributed by atoms with Gasteiger partial charge in [0.1, 0.15) is 22.3 Å². The number of carbonyl (C=O) groups excluding carboxylic acids is 1. The molecule has 4 nitrogen and oxygen atoms in total. The zero-order valence-electron chi connectivity index (χ0n) is 11.0. The third-order valence-corrected chi connectivity index (χ3v) is 3.67. The van der Waals surface area contributed by atoms with Gasteiger partial charge in [-0.25, -0.2) is 8.93 Å². The van der Waals surface area contributed by atoms with Crippen molar-refractivity contribution in [1.29, 1.82) is 0 Å². The number of esters is 1. The first kappa shape index (κ1) is 14.6. The minimum absolute atomic E-state index is 0.0617. The molecule has 1 unspecified atom stereocenters. The van der Waals surface area contributed by atoms with Crippen LogP contribution in [-0.2, 0) is 20.5 Å². The smallest absolute Gasteiger partial charge is 0.320 e. The van der Waals surface area contributed by atoms with Gasteiger partial charge in [-0.15, -0.1) is 0 Å². The Bertz CT molecular complexity index is 280. The molecule has 5 heteroatoms. The number of hydrogen-bond donors (Lipinski definition) is 1. The summed E-state index contributed by atoms with van der Waals surface area (Å²) in [5.74, 6) is -0.465. The molecule has 0 bridgehead atoms. The van der Waals surface area contributed by atoms with Crippen LogP contribution < -0.4 is 4.72 Å². The van der Waals surface area contributed by atoms with E-state index in [1.165, 1.54) is 19.3 Å². The first-order valence-corrected chi connectivity index (χ1v) is 7.55. The molecular formula is C12H23NO3S. The van der Waals surface area contributed by atoms with Crippen LogP contribution in [0.2, 0.25) is 0 Å². The molecule has 0 heterocycles. The number of rotatable bonds is 4. The molecule has 0 aromatic heterocycles. The van der Waals surface area contributed by atoms with Gasteiger partial charge in [0.25, 0.3) is 0 Å². The van der Waals surface area contributed by atoms with Crippen molar-refractivity contribution in [3.8, 4) is 0 Å². The molecule has 1 aliphatic rings. The highest BCUT2D eigenvalue weighted by Gasteiger charge is 2.20. The maximum Gasteiger partial charge on any atom is 0.320 e. The minimum Gasteiger partial charge on any atom is -0.459 e. The number of nitrogens with one attached hydrogen (secondary N) is 1. The first-order valence-electron chi connectivity index (χ1n) is 6.23. The summed E-state index contributed by atoms with van der Waals surface area (Å²) in [7, 11) is -1.31. The fraction of sp³-hybridized carbons (Fsp3) is 0.917. The Morgan fingerprint density at radius 1 is 1.29 bits per heavy atom. The molecule has 0 aromatic rings. The van der Waals surface area contributed by atoms with Gasteiger partial charge in [0, 0.05) is 6.04 Å². The highest BCUT2D eigenvalue weighted by molar-refractivity contribution is 7.83. The second-order valence-corrected chi connectivity index (χ2v) is 6.74. The van der Waals surface area contributed by atoms with Crippen molar-refractivity contribution in [3.05, 3.63) is 0 Å². The van der Waals surface area contributed by atoms with Crippen molar-refractivity contribution in [3.63, 3.8) is 0 Å². The van der Waals surface area contributed by atoms with Crippen molar-refractivity contribution >= 4 is 17.0 Å². The Kier molecular flexibility index (Phi) is 5.59. The van der Waals surface area contributed by atoms with E-state index in [0.29, 0.717) is 6.04 Å². The van der Waals surface area contributed by atoms with Crippen LogP contribution in [0, 0.1) is 0 Å². The second kappa shape index (κ2) is 6.50. The maximum absolute atomic E-state index is 11.7. The lowest BCUT2D eigenvalue weighted by Crippen LogP contribution is -2.37. The molecule has 1 aliphatic carbocycles. The highest BCUT2D eigenvalue weighted by atomic mass is 32.2. The molecule has 0 radical (unpaired) electrons. The Morgan fingerprint density at radius 3 is 2.41 bits per heavy atom. The summed E-state index contributed by atoms with van der Waals surface area (Å²) in [6, 6.07) is 0.298. The molecule has 0 aromatic carbocycles. The van der Waals surface area contributed by atoms with Gasteiger partial charge in [-0.3, -0.25) is 4.79 Å². The quantitative estimate of drug-likeness (QED) is 0.787. The van der Waals surface area contributed by atoms with Crippen LogP contribution >= 0.6 is 0 Å². The van der Waals surface area contributed by atoms with Crippen molar-refractivity contribution < 1.29 is 13.7 Å². The van der Waals surface area contributed by atoms with Gasteiger partial charge in [0.2, 0.25) is 0 Å². The molecule has 1 rings (SSSR count). The average molecular weight is 261 g/mol. The maximum atomic E-state index is 11.7. The summed E-state index contributed by atoms with van der Waals surface area (Å²) < 4.78 is 19.8. The minimum atomic E-state index is -1.31. The molecular weight excluding hydrogens is 238 g/mol. The fourth-order valence-electron chi connectivity index (χ4n) is 1.93. The first-order chi connectivity index (χ1) is 7.87. The van der Waals surface area contributed by atoms with Crippen LogP contribution in [0.4, 0.5) is 0 Å². The molecule has 17 heavy (non-hydrogen) atoms. The van der Waals surface area contributed by atoms with Gasteiger partial charge in [-0.1, -0.05) is 19.3 Å². The lowest BCUT2D eigenvalue weighted by Gasteiger charge is -2.23. The highest BCUT2D eigenvalue weighted by Crippen LogP contribution is 2.17. The Hall–Kier alpha value is -0.420. The van der Waals surface area contributed by atoms with E-state index in [-0.39, 0.29) is 5.75 Å². The van der Waals surface area contributed by atoms with Gasteiger partial charge in [-0.2, -0.15) is 0 Å². The van der Waals surface area contributed by atoms with E-state index in [2.05, 4.69) is 4.72 Å². The molecule has 0 aliphatic heterocycles. The molecule has 1 N–H and O–H groups in total. The fourth-order valence-corrected chi connectivity index (χ4v) is 2.89. The summed E-state index contributed by atoms with van der Waals surface area (Å²) in [6.45, 7) is 5.42. The van der Waals surface area contributed by atoms with Crippen LogP contribution in [0.25, 0.3) is 0 Å². The average Bonchev–Trinajstić information content (AvgIpc) is 2.15. The molecule has 1 saturated carbocycles. The molecule has 0 spiro atoms. The lowest BCUT2D eigenvalue weighted by molar-refractivity contribution is -0.151. The van der Waals surface area contributed by atoms with Gasteiger partial charge in [0.15, 0.2) is 0 Å². The van der Waals surface area contributed by atoms with Crippen LogP contribution in [0.3, 0.4) is 0 Å². The third-order valence-electron chi connectivity index (χ3n) is 2.57. The van der Waals surface area contributed by atoms with Crippen molar-refractivity contribution in [2.75, 3.05) is 5.75 Å². The number of carbonyl (C=O) groups is 1. The number of ether oxygens (including phenoxy) is 1. The Morgan fingerprint density at radius 2 is 1.88 bits per heavy atom. The van der Waals surface area contributed by atoms with Crippen molar-refractivity contribution in [2.24, 2.45) is 0 Å². The summed E-state index contributed by atoms with van der Waals surface area (Å²) >= 11 is 0. The van der Waals surface area contributed by atoms with E-state index in [9.17, 15) is 9.00 Å². The van der Waals surface area contributed by atoms with Crippen molar-refractivity contribution in [2.45, 2.75) is 64.5 Å². The zero-order valence-corrected chi connectivity index (χ0v) is 11.8. The molecule has 0 amide bonds. The Balaban J connectivity index is 2.26. The number of hydrogen-bond acceptors (Lipinski definition) is 3. The van der Waals surface area contributed by atoms with Gasteiger partial charge >= 0.3 is 5.97 Å². The molecule has 100 valence electrons. The van der Waals surface area contributed by atoms with E-state index >= 15 is 0 Å². The molecule has 1 fully saturated rings. The topological polar surface area (TPSA) is 55.4 Å². The second-order valence-electron chi connectivity index (χ2n) is 5.53. The van der Waals surface area contributed by atoms with E-state index in [0.717, 1.165) is 12.8 Å². The summed E-state index contributed by atoms with van der Waals surface area (Å²) in [5.41, 5.74) is -0.508.